The maximum Gasteiger partial charge on any atom is 0.257 e. The van der Waals surface area contributed by atoms with Crippen LogP contribution in [0.25, 0.3) is 0 Å². The van der Waals surface area contributed by atoms with E-state index < -0.39 is 0 Å². The first-order valence-corrected chi connectivity index (χ1v) is 9.84. The van der Waals surface area contributed by atoms with Crippen LogP contribution in [-0.2, 0) is 0 Å². The van der Waals surface area contributed by atoms with E-state index in [0.717, 1.165) is 31.6 Å². The number of hydrogen-bond acceptors (Lipinski definition) is 6. The van der Waals surface area contributed by atoms with E-state index in [2.05, 4.69) is 14.9 Å². The molecule has 0 aromatic carbocycles. The topological polar surface area (TPSA) is 52.6 Å². The average Bonchev–Trinajstić information content (AvgIpc) is 2.62. The summed E-state index contributed by atoms with van der Waals surface area (Å²) in [5, 5.41) is 0. The second kappa shape index (κ2) is 7.70. The number of likely N-dealkylation sites (tertiary alicyclic amines) is 1. The van der Waals surface area contributed by atoms with Gasteiger partial charge in [0.25, 0.3) is 5.91 Å². The first kappa shape index (κ1) is 17.5. The van der Waals surface area contributed by atoms with Crippen molar-refractivity contribution in [2.75, 3.05) is 56.7 Å². The van der Waals surface area contributed by atoms with Gasteiger partial charge in [-0.3, -0.25) is 9.69 Å². The van der Waals surface area contributed by atoms with E-state index in [1.165, 1.54) is 24.6 Å². The van der Waals surface area contributed by atoms with Gasteiger partial charge in [-0.1, -0.05) is 0 Å². The molecule has 24 heavy (non-hydrogen) atoms. The van der Waals surface area contributed by atoms with Gasteiger partial charge >= 0.3 is 0 Å². The molecular weight excluding hydrogens is 322 g/mol. The van der Waals surface area contributed by atoms with Crippen LogP contribution in [0.15, 0.2) is 6.20 Å². The number of rotatable bonds is 3. The number of hydrogen-bond donors (Lipinski definition) is 0. The molecule has 132 valence electrons. The summed E-state index contributed by atoms with van der Waals surface area (Å²) in [7, 11) is 3.81. The van der Waals surface area contributed by atoms with E-state index in [0.29, 0.717) is 17.6 Å². The molecule has 2 aliphatic rings. The number of carbonyl (C=O) groups is 1. The lowest BCUT2D eigenvalue weighted by Gasteiger charge is -2.40. The van der Waals surface area contributed by atoms with Crippen molar-refractivity contribution in [2.24, 2.45) is 0 Å². The van der Waals surface area contributed by atoms with Gasteiger partial charge in [0.05, 0.1) is 11.3 Å². The summed E-state index contributed by atoms with van der Waals surface area (Å²) >= 11 is 2.05. The van der Waals surface area contributed by atoms with Crippen LogP contribution in [0.2, 0.25) is 0 Å². The number of thioether (sulfide) groups is 1. The average molecular weight is 350 g/mol. The molecule has 1 aromatic rings. The van der Waals surface area contributed by atoms with Crippen LogP contribution in [-0.4, -0.2) is 83.5 Å². The van der Waals surface area contributed by atoms with E-state index in [1.54, 1.807) is 6.20 Å². The maximum absolute atomic E-state index is 12.8. The second-order valence-electron chi connectivity index (χ2n) is 6.74. The van der Waals surface area contributed by atoms with Crippen molar-refractivity contribution < 1.29 is 4.79 Å². The summed E-state index contributed by atoms with van der Waals surface area (Å²) in [6.07, 6.45) is 3.83. The molecule has 3 heterocycles. The van der Waals surface area contributed by atoms with Gasteiger partial charge < -0.3 is 9.80 Å². The van der Waals surface area contributed by atoms with Crippen molar-refractivity contribution in [1.82, 2.24) is 19.8 Å². The smallest absolute Gasteiger partial charge is 0.257 e. The number of aromatic nitrogens is 2. The quantitative estimate of drug-likeness (QED) is 0.824. The highest BCUT2D eigenvalue weighted by atomic mass is 32.2. The van der Waals surface area contributed by atoms with Gasteiger partial charge in [0, 0.05) is 64.0 Å². The molecule has 0 bridgehead atoms. The summed E-state index contributed by atoms with van der Waals surface area (Å²) in [5.41, 5.74) is 1.39. The summed E-state index contributed by atoms with van der Waals surface area (Å²) in [6.45, 7) is 5.95. The zero-order valence-corrected chi connectivity index (χ0v) is 15.7. The summed E-state index contributed by atoms with van der Waals surface area (Å²) in [5.74, 6) is 3.21. The molecule has 2 fully saturated rings. The third kappa shape index (κ3) is 3.83. The van der Waals surface area contributed by atoms with Crippen molar-refractivity contribution in [2.45, 2.75) is 25.8 Å². The predicted molar refractivity (Wildman–Crippen MR) is 98.9 cm³/mol. The molecule has 3 rings (SSSR count). The Bertz CT molecular complexity index is 580. The Hall–Kier alpha value is -1.34. The molecule has 2 aliphatic heterocycles. The largest absolute Gasteiger partial charge is 0.347 e. The molecule has 1 aromatic heterocycles. The summed E-state index contributed by atoms with van der Waals surface area (Å²) in [6, 6.07) is 0.642. The fraction of sp³-hybridized carbons (Fsp3) is 0.706. The zero-order chi connectivity index (χ0) is 17.1. The van der Waals surface area contributed by atoms with Crippen LogP contribution in [0.4, 0.5) is 5.95 Å². The molecule has 0 spiro atoms. The number of amides is 1. The molecule has 0 atom stereocenters. The van der Waals surface area contributed by atoms with Gasteiger partial charge in [-0.25, -0.2) is 9.97 Å². The lowest BCUT2D eigenvalue weighted by molar-refractivity contribution is 0.0629. The van der Waals surface area contributed by atoms with Gasteiger partial charge in [-0.2, -0.15) is 11.8 Å². The fourth-order valence-corrected chi connectivity index (χ4v) is 4.36. The molecule has 0 N–H and O–H groups in total. The number of carbonyl (C=O) groups excluding carboxylic acids is 1. The first-order chi connectivity index (χ1) is 11.6. The standard InChI is InChI=1S/C17H27N5OS/c1-13-15(12-18-17(19-13)20(2)3)16(23)22-6-4-14(5-7-22)21-8-10-24-11-9-21/h12,14H,4-11H2,1-3H3. The fourth-order valence-electron chi connectivity index (χ4n) is 3.43. The molecule has 7 heteroatoms. The van der Waals surface area contributed by atoms with Gasteiger partial charge in [-0.05, 0) is 19.8 Å². The zero-order valence-electron chi connectivity index (χ0n) is 14.9. The minimum absolute atomic E-state index is 0.0745. The molecule has 0 saturated carbocycles. The number of nitrogens with zero attached hydrogens (tertiary/aromatic N) is 5. The molecule has 0 radical (unpaired) electrons. The Balaban J connectivity index is 1.60. The van der Waals surface area contributed by atoms with E-state index in [1.807, 2.05) is 42.6 Å². The monoisotopic (exact) mass is 349 g/mol. The molecule has 1 amide bonds. The second-order valence-corrected chi connectivity index (χ2v) is 7.96. The van der Waals surface area contributed by atoms with E-state index in [-0.39, 0.29) is 5.91 Å². The Labute approximate surface area is 148 Å². The van der Waals surface area contributed by atoms with Crippen LogP contribution >= 0.6 is 11.8 Å². The van der Waals surface area contributed by atoms with Crippen LogP contribution in [0.5, 0.6) is 0 Å². The number of aryl methyl sites for hydroxylation is 1. The third-order valence-corrected chi connectivity index (χ3v) is 5.85. The Kier molecular flexibility index (Phi) is 5.61. The highest BCUT2D eigenvalue weighted by Gasteiger charge is 2.29. The lowest BCUT2D eigenvalue weighted by atomic mass is 10.0. The van der Waals surface area contributed by atoms with Crippen molar-refractivity contribution in [1.29, 1.82) is 0 Å². The predicted octanol–water partition coefficient (Wildman–Crippen LogP) is 1.50. The van der Waals surface area contributed by atoms with E-state index in [4.69, 9.17) is 0 Å². The highest BCUT2D eigenvalue weighted by Crippen LogP contribution is 2.22. The Morgan fingerprint density at radius 1 is 1.21 bits per heavy atom. The van der Waals surface area contributed by atoms with Crippen molar-refractivity contribution in [3.8, 4) is 0 Å². The van der Waals surface area contributed by atoms with Gasteiger partial charge in [-0.15, -0.1) is 0 Å². The summed E-state index contributed by atoms with van der Waals surface area (Å²) < 4.78 is 0. The lowest BCUT2D eigenvalue weighted by Crippen LogP contribution is -2.49. The highest BCUT2D eigenvalue weighted by molar-refractivity contribution is 7.99. The third-order valence-electron chi connectivity index (χ3n) is 4.91. The van der Waals surface area contributed by atoms with Crippen molar-refractivity contribution >= 4 is 23.6 Å². The first-order valence-electron chi connectivity index (χ1n) is 8.68. The van der Waals surface area contributed by atoms with Gasteiger partial charge in [0.2, 0.25) is 5.95 Å². The van der Waals surface area contributed by atoms with Crippen LogP contribution in [0.1, 0.15) is 28.9 Å². The van der Waals surface area contributed by atoms with Crippen LogP contribution < -0.4 is 4.90 Å². The van der Waals surface area contributed by atoms with Gasteiger partial charge in [0.15, 0.2) is 0 Å². The SMILES string of the molecule is Cc1nc(N(C)C)ncc1C(=O)N1CCC(N2CCSCC2)CC1. The Morgan fingerprint density at radius 3 is 2.46 bits per heavy atom. The minimum atomic E-state index is 0.0745. The molecule has 2 saturated heterocycles. The van der Waals surface area contributed by atoms with Crippen LogP contribution in [0.3, 0.4) is 0 Å². The molecule has 0 aliphatic carbocycles. The normalized spacial score (nSPS) is 20.2. The molecule has 0 unspecified atom stereocenters. The number of anilines is 1. The van der Waals surface area contributed by atoms with E-state index >= 15 is 0 Å². The number of piperidine rings is 1. The van der Waals surface area contributed by atoms with E-state index in [9.17, 15) is 4.79 Å². The Morgan fingerprint density at radius 2 is 1.88 bits per heavy atom. The van der Waals surface area contributed by atoms with Crippen molar-refractivity contribution in [3.05, 3.63) is 17.5 Å². The molecule has 6 nitrogen and oxygen atoms in total. The van der Waals surface area contributed by atoms with Gasteiger partial charge in [0.1, 0.15) is 0 Å². The van der Waals surface area contributed by atoms with Crippen molar-refractivity contribution in [3.63, 3.8) is 0 Å². The molecular formula is C17H27N5OS. The maximum atomic E-state index is 12.8. The summed E-state index contributed by atoms with van der Waals surface area (Å²) in [4.78, 5) is 28.0. The van der Waals surface area contributed by atoms with Crippen LogP contribution in [0, 0.1) is 6.92 Å². The minimum Gasteiger partial charge on any atom is -0.347 e.